The number of nitro benzene ring substituents is 1. The van der Waals surface area contributed by atoms with Gasteiger partial charge in [0.15, 0.2) is 0 Å². The molecule has 0 aliphatic rings. The maximum atomic E-state index is 11.5. The van der Waals surface area contributed by atoms with Crippen molar-refractivity contribution >= 4 is 32.6 Å². The van der Waals surface area contributed by atoms with Crippen molar-refractivity contribution in [3.05, 3.63) is 42.2 Å². The lowest BCUT2D eigenvalue weighted by atomic mass is 10.1. The minimum atomic E-state index is -0.680. The van der Waals surface area contributed by atoms with Crippen LogP contribution < -0.4 is 5.63 Å². The van der Waals surface area contributed by atoms with Crippen LogP contribution in [0.3, 0.4) is 0 Å². The van der Waals surface area contributed by atoms with Crippen molar-refractivity contribution < 1.29 is 14.4 Å². The molecular weight excluding hydrogens is 306 g/mol. The summed E-state index contributed by atoms with van der Waals surface area (Å²) < 4.78 is 5.25. The van der Waals surface area contributed by atoms with Crippen molar-refractivity contribution in [3.8, 4) is 5.75 Å². The summed E-state index contributed by atoms with van der Waals surface area (Å²) in [5, 5.41) is 20.9. The van der Waals surface area contributed by atoms with Crippen LogP contribution in [-0.2, 0) is 0 Å². The van der Waals surface area contributed by atoms with Crippen molar-refractivity contribution in [2.75, 3.05) is 0 Å². The van der Waals surface area contributed by atoms with Crippen molar-refractivity contribution in [3.63, 3.8) is 0 Å². The Morgan fingerprint density at radius 1 is 1.39 bits per heavy atom. The van der Waals surface area contributed by atoms with Crippen molar-refractivity contribution in [1.29, 1.82) is 0 Å². The fourth-order valence-corrected chi connectivity index (χ4v) is 2.02. The summed E-state index contributed by atoms with van der Waals surface area (Å²) in [5.41, 5.74) is -0.136. The molecule has 0 saturated carbocycles. The summed E-state index contributed by atoms with van der Waals surface area (Å²) >= 11 is 3.07. The predicted molar refractivity (Wildman–Crippen MR) is 68.0 cm³/mol. The SMILES string of the molecule is Cc1c(Br)c(=O)oc2c(C)c(O)c([N+](=O)[O-])cc12. The molecule has 18 heavy (non-hydrogen) atoms. The van der Waals surface area contributed by atoms with E-state index in [1.165, 1.54) is 13.0 Å². The molecule has 0 radical (unpaired) electrons. The third-order valence-electron chi connectivity index (χ3n) is 2.77. The maximum Gasteiger partial charge on any atom is 0.350 e. The zero-order valence-corrected chi connectivity index (χ0v) is 11.1. The number of phenolic OH excluding ortho intramolecular Hbond substituents is 1. The molecule has 1 aromatic heterocycles. The van der Waals surface area contributed by atoms with Gasteiger partial charge in [-0.2, -0.15) is 0 Å². The summed E-state index contributed by atoms with van der Waals surface area (Å²) in [6.45, 7) is 3.10. The van der Waals surface area contributed by atoms with Crippen LogP contribution in [0.25, 0.3) is 11.0 Å². The zero-order chi connectivity index (χ0) is 13.6. The molecule has 2 rings (SSSR count). The zero-order valence-electron chi connectivity index (χ0n) is 9.48. The highest BCUT2D eigenvalue weighted by atomic mass is 79.9. The van der Waals surface area contributed by atoms with Crippen LogP contribution in [0.5, 0.6) is 5.75 Å². The Labute approximate surface area is 109 Å². The van der Waals surface area contributed by atoms with E-state index in [1.54, 1.807) is 6.92 Å². The van der Waals surface area contributed by atoms with Crippen molar-refractivity contribution in [2.24, 2.45) is 0 Å². The Bertz CT molecular complexity index is 735. The van der Waals surface area contributed by atoms with Crippen molar-refractivity contribution in [2.45, 2.75) is 13.8 Å². The van der Waals surface area contributed by atoms with Gasteiger partial charge in [-0.15, -0.1) is 0 Å². The summed E-state index contributed by atoms with van der Waals surface area (Å²) in [6, 6.07) is 1.20. The van der Waals surface area contributed by atoms with Crippen LogP contribution in [0.2, 0.25) is 0 Å². The van der Waals surface area contributed by atoms with E-state index in [-0.39, 0.29) is 15.6 Å². The number of hydrogen-bond donors (Lipinski definition) is 1. The van der Waals surface area contributed by atoms with E-state index in [1.807, 2.05) is 0 Å². The fraction of sp³-hybridized carbons (Fsp3) is 0.182. The average molecular weight is 314 g/mol. The van der Waals surface area contributed by atoms with E-state index >= 15 is 0 Å². The van der Waals surface area contributed by atoms with E-state index in [0.29, 0.717) is 10.9 Å². The minimum absolute atomic E-state index is 0.156. The van der Waals surface area contributed by atoms with Crippen LogP contribution in [0.4, 0.5) is 5.69 Å². The van der Waals surface area contributed by atoms with E-state index < -0.39 is 22.0 Å². The highest BCUT2D eigenvalue weighted by molar-refractivity contribution is 9.10. The molecule has 0 fully saturated rings. The number of aryl methyl sites for hydroxylation is 2. The summed E-state index contributed by atoms with van der Waals surface area (Å²) in [7, 11) is 0. The second kappa shape index (κ2) is 4.09. The van der Waals surface area contributed by atoms with Gasteiger partial charge in [0.25, 0.3) is 0 Å². The second-order valence-corrected chi connectivity index (χ2v) is 4.62. The van der Waals surface area contributed by atoms with E-state index in [2.05, 4.69) is 15.9 Å². The number of hydrogen-bond acceptors (Lipinski definition) is 5. The Morgan fingerprint density at radius 2 is 2.00 bits per heavy atom. The van der Waals surface area contributed by atoms with E-state index in [0.717, 1.165) is 0 Å². The summed E-state index contributed by atoms with van der Waals surface area (Å²) in [5.74, 6) is -0.489. The number of fused-ring (bicyclic) bond motifs is 1. The minimum Gasteiger partial charge on any atom is -0.502 e. The third-order valence-corrected chi connectivity index (χ3v) is 3.69. The lowest BCUT2D eigenvalue weighted by Gasteiger charge is -2.07. The number of nitro groups is 1. The van der Waals surface area contributed by atoms with Gasteiger partial charge in [-0.3, -0.25) is 10.1 Å². The van der Waals surface area contributed by atoms with Crippen LogP contribution in [-0.4, -0.2) is 10.0 Å². The molecule has 2 aromatic rings. The van der Waals surface area contributed by atoms with Gasteiger partial charge < -0.3 is 9.52 Å². The Hall–Kier alpha value is -1.89. The molecule has 1 aromatic carbocycles. The Morgan fingerprint density at radius 3 is 2.56 bits per heavy atom. The van der Waals surface area contributed by atoms with Crippen LogP contribution >= 0.6 is 15.9 Å². The average Bonchev–Trinajstić information content (AvgIpc) is 2.31. The summed E-state index contributed by atoms with van der Waals surface area (Å²) in [6.07, 6.45) is 0. The number of benzene rings is 1. The number of nitrogens with zero attached hydrogens (tertiary/aromatic N) is 1. The van der Waals surface area contributed by atoms with Gasteiger partial charge in [0, 0.05) is 17.0 Å². The van der Waals surface area contributed by atoms with E-state index in [4.69, 9.17) is 4.42 Å². The smallest absolute Gasteiger partial charge is 0.350 e. The molecule has 0 unspecified atom stereocenters. The molecule has 0 atom stereocenters. The van der Waals surface area contributed by atoms with Gasteiger partial charge in [0.05, 0.1) is 4.92 Å². The molecule has 0 aliphatic heterocycles. The largest absolute Gasteiger partial charge is 0.502 e. The first-order valence-electron chi connectivity index (χ1n) is 4.94. The van der Waals surface area contributed by atoms with Gasteiger partial charge in [-0.1, -0.05) is 0 Å². The molecule has 94 valence electrons. The van der Waals surface area contributed by atoms with Crippen molar-refractivity contribution in [1.82, 2.24) is 0 Å². The molecule has 7 heteroatoms. The van der Waals surface area contributed by atoms with Gasteiger partial charge in [0.2, 0.25) is 5.75 Å². The summed E-state index contributed by atoms with van der Waals surface area (Å²) in [4.78, 5) is 21.6. The van der Waals surface area contributed by atoms with Crippen LogP contribution in [0.15, 0.2) is 19.8 Å². The number of aromatic hydroxyl groups is 1. The number of halogens is 1. The number of rotatable bonds is 1. The van der Waals surface area contributed by atoms with Gasteiger partial charge in [0.1, 0.15) is 10.1 Å². The van der Waals surface area contributed by atoms with Crippen LogP contribution in [0.1, 0.15) is 11.1 Å². The predicted octanol–water partition coefficient (Wildman–Crippen LogP) is 2.79. The highest BCUT2D eigenvalue weighted by Crippen LogP contribution is 2.37. The number of phenols is 1. The lowest BCUT2D eigenvalue weighted by Crippen LogP contribution is -2.04. The molecule has 0 spiro atoms. The third kappa shape index (κ3) is 1.67. The molecule has 1 N–H and O–H groups in total. The maximum absolute atomic E-state index is 11.5. The second-order valence-electron chi connectivity index (χ2n) is 3.83. The van der Waals surface area contributed by atoms with Gasteiger partial charge in [-0.25, -0.2) is 4.79 Å². The lowest BCUT2D eigenvalue weighted by molar-refractivity contribution is -0.385. The molecule has 0 amide bonds. The normalized spacial score (nSPS) is 10.8. The van der Waals surface area contributed by atoms with Gasteiger partial charge >= 0.3 is 11.3 Å². The standard InChI is InChI=1S/C11H8BrNO5/c1-4-6-3-7(13(16)17)9(14)5(2)10(6)18-11(15)8(4)12/h3,14H,1-2H3. The van der Waals surface area contributed by atoms with Crippen LogP contribution in [0, 0.1) is 24.0 Å². The first kappa shape index (κ1) is 12.6. The first-order valence-corrected chi connectivity index (χ1v) is 5.73. The quantitative estimate of drug-likeness (QED) is 0.496. The molecule has 6 nitrogen and oxygen atoms in total. The van der Waals surface area contributed by atoms with E-state index in [9.17, 15) is 20.0 Å². The molecule has 0 aliphatic carbocycles. The fourth-order valence-electron chi connectivity index (χ4n) is 1.73. The molecule has 0 bridgehead atoms. The molecule has 0 saturated heterocycles. The van der Waals surface area contributed by atoms with Gasteiger partial charge in [-0.05, 0) is 35.3 Å². The monoisotopic (exact) mass is 313 g/mol. The highest BCUT2D eigenvalue weighted by Gasteiger charge is 2.22. The Kier molecular flexibility index (Phi) is 2.86. The first-order chi connectivity index (χ1) is 8.34. The Balaban J connectivity index is 3.05. The topological polar surface area (TPSA) is 93.6 Å². The molecular formula is C11H8BrNO5. The molecule has 1 heterocycles.